The second-order valence-electron chi connectivity index (χ2n) is 24.6. The molecule has 37 heteroatoms. The number of aliphatic hydroxyl groups is 3. The molecule has 4 aromatic rings. The average Bonchev–Trinajstić information content (AvgIpc) is 1.63. The maximum absolute atomic E-state index is 14.7. The van der Waals surface area contributed by atoms with Crippen LogP contribution in [0.5, 0.6) is 5.75 Å². The highest BCUT2D eigenvalue weighted by Gasteiger charge is 2.42. The van der Waals surface area contributed by atoms with Gasteiger partial charge < -0.3 is 116 Å². The number of carboxylic acids is 2. The van der Waals surface area contributed by atoms with Crippen LogP contribution in [0.1, 0.15) is 83.0 Å². The number of aliphatic imine (C=N–C) groups is 1. The van der Waals surface area contributed by atoms with E-state index in [9.17, 15) is 93.0 Å². The number of aromatic hydroxyl groups is 1. The van der Waals surface area contributed by atoms with Gasteiger partial charge in [0.05, 0.1) is 32.6 Å². The molecule has 1 saturated heterocycles. The van der Waals surface area contributed by atoms with E-state index < -0.39 is 182 Å². The van der Waals surface area contributed by atoms with Gasteiger partial charge in [-0.05, 0) is 73.3 Å². The number of aliphatic hydroxyl groups excluding tert-OH is 3. The van der Waals surface area contributed by atoms with Gasteiger partial charge in [-0.1, -0.05) is 58.0 Å². The molecule has 2 aromatic heterocycles. The highest BCUT2D eigenvalue weighted by molar-refractivity contribution is 6.00. The number of carboxylic acid groups (broad SMARTS) is 2. The first-order chi connectivity index (χ1) is 47.4. The molecule has 2 aromatic carbocycles. The normalized spacial score (nSPS) is 15.7. The number of phenols is 1. The summed E-state index contributed by atoms with van der Waals surface area (Å²) < 4.78 is 0. The molecule has 0 bridgehead atoms. The third kappa shape index (κ3) is 24.6. The molecule has 1 aliphatic rings. The van der Waals surface area contributed by atoms with Crippen molar-refractivity contribution in [2.75, 3.05) is 39.5 Å². The van der Waals surface area contributed by atoms with E-state index in [1.807, 2.05) is 0 Å². The van der Waals surface area contributed by atoms with Crippen molar-refractivity contribution in [3.63, 3.8) is 0 Å². The molecule has 0 spiro atoms. The van der Waals surface area contributed by atoms with E-state index >= 15 is 0 Å². The van der Waals surface area contributed by atoms with E-state index in [4.69, 9.17) is 17.2 Å². The zero-order valence-corrected chi connectivity index (χ0v) is 55.5. The molecule has 0 unspecified atom stereocenters. The van der Waals surface area contributed by atoms with E-state index in [0.717, 1.165) is 0 Å². The number of phenolic OH excluding ortho intramolecular Hbond substituents is 1. The predicted octanol–water partition coefficient (Wildman–Crippen LogP) is -6.29. The van der Waals surface area contributed by atoms with Crippen LogP contribution >= 0.6 is 0 Å². The third-order valence-corrected chi connectivity index (χ3v) is 15.9. The minimum atomic E-state index is -1.92. The van der Waals surface area contributed by atoms with Crippen LogP contribution in [0.3, 0.4) is 0 Å². The molecule has 11 atom stereocenters. The first kappa shape index (κ1) is 79.9. The molecule has 0 radical (unpaired) electrons. The van der Waals surface area contributed by atoms with E-state index in [-0.39, 0.29) is 82.1 Å². The van der Waals surface area contributed by atoms with Crippen molar-refractivity contribution in [2.24, 2.45) is 34.0 Å². The van der Waals surface area contributed by atoms with Crippen LogP contribution in [0.15, 0.2) is 72.2 Å². The van der Waals surface area contributed by atoms with Gasteiger partial charge in [0.15, 0.2) is 5.96 Å². The summed E-state index contributed by atoms with van der Waals surface area (Å²) in [7, 11) is 0. The number of rotatable bonds is 40. The molecular weight excluding hydrogens is 1310 g/mol. The number of aromatic nitrogens is 3. The molecule has 0 saturated carbocycles. The monoisotopic (exact) mass is 1400 g/mol. The van der Waals surface area contributed by atoms with Crippen molar-refractivity contribution >= 4 is 93.8 Å². The maximum Gasteiger partial charge on any atom is 0.322 e. The Morgan fingerprint density at radius 1 is 0.620 bits per heavy atom. The number of carbonyl (C=O) groups is 13. The molecular formula is C63H90N18O19. The summed E-state index contributed by atoms with van der Waals surface area (Å²) in [6, 6.07) is -4.84. The van der Waals surface area contributed by atoms with E-state index in [0.29, 0.717) is 27.7 Å². The predicted molar refractivity (Wildman–Crippen MR) is 355 cm³/mol. The van der Waals surface area contributed by atoms with E-state index in [1.54, 1.807) is 44.3 Å². The standard InChI is InChI=1S/C63H90N18O19/c1-31(2)19-45(77-56(94)44(23-49(86)87)73-52(90)38(64)27-82)62(100)81-18-8-12-48(81)60(98)76-43(22-35-25-67-30-71-35)57(95)80-51(32(3)4)61(99)79-47(29-84)59(97)78-46(28-83)58(96)74-41(20-33-13-15-36(85)16-14-33)54(92)75-42(21-34-24-69-39-10-6-5-9-37(34)39)55(93)72-40(11-7-17-68-63(65)66)53(91)70-26-50(88)89/h5-6,9-10,13-16,24-25,30-32,38,40-48,51,69,82-85H,7-8,11-12,17-23,26-29,64H2,1-4H3,(H,67,71)(H,70,91)(H,72,93)(H,73,90)(H,74,96)(H,75,92)(H,76,98)(H,77,94)(H,78,97)(H,79,99)(H,80,95)(H,86,87)(H,88,89)(H4,65,66,68)/t38-,40-,41-,42-,43-,44-,45-,46-,47-,48-,51-/m0/s1. The molecule has 5 rings (SSSR count). The number of aliphatic carboxylic acids is 2. The number of H-pyrrole nitrogens is 2. The van der Waals surface area contributed by atoms with Crippen LogP contribution in [-0.2, 0) is 81.6 Å². The highest BCUT2D eigenvalue weighted by Crippen LogP contribution is 2.23. The number of para-hydroxylation sites is 1. The van der Waals surface area contributed by atoms with Crippen molar-refractivity contribution < 1.29 is 93.0 Å². The minimum Gasteiger partial charge on any atom is -0.508 e. The number of carbonyl (C=O) groups excluding carboxylic acids is 11. The summed E-state index contributed by atoms with van der Waals surface area (Å²) in [5.41, 5.74) is 18.3. The van der Waals surface area contributed by atoms with Crippen LogP contribution in [0.4, 0.5) is 0 Å². The van der Waals surface area contributed by atoms with Crippen LogP contribution < -0.4 is 70.4 Å². The number of fused-ring (bicyclic) bond motifs is 1. The molecule has 3 heterocycles. The average molecular weight is 1400 g/mol. The third-order valence-electron chi connectivity index (χ3n) is 15.9. The first-order valence-electron chi connectivity index (χ1n) is 32.1. The summed E-state index contributed by atoms with van der Waals surface area (Å²) >= 11 is 0. The lowest BCUT2D eigenvalue weighted by atomic mass is 10.0. The smallest absolute Gasteiger partial charge is 0.322 e. The minimum absolute atomic E-state index is 0.00471. The van der Waals surface area contributed by atoms with Crippen LogP contribution in [0.2, 0.25) is 0 Å². The summed E-state index contributed by atoms with van der Waals surface area (Å²) in [6.07, 6.45) is 2.83. The van der Waals surface area contributed by atoms with E-state index in [1.165, 1.54) is 55.5 Å². The molecule has 1 aliphatic heterocycles. The molecule has 546 valence electrons. The second-order valence-corrected chi connectivity index (χ2v) is 24.6. The number of nitrogens with zero attached hydrogens (tertiary/aromatic N) is 3. The summed E-state index contributed by atoms with van der Waals surface area (Å²) in [5, 5.41) is 84.4. The quantitative estimate of drug-likeness (QED) is 0.0112. The Kier molecular flexibility index (Phi) is 31.1. The molecule has 0 aliphatic carbocycles. The number of amides is 11. The maximum atomic E-state index is 14.7. The molecule has 24 N–H and O–H groups in total. The van der Waals surface area contributed by atoms with Gasteiger partial charge in [0.25, 0.3) is 0 Å². The zero-order valence-electron chi connectivity index (χ0n) is 55.5. The van der Waals surface area contributed by atoms with Gasteiger partial charge in [0.1, 0.15) is 78.8 Å². The fraction of sp³-hybridized carbons (Fsp3) is 0.508. The molecule has 11 amide bonds. The SMILES string of the molecule is CC(C)C[C@H](NC(=O)[C@H](CC(=O)O)NC(=O)[C@@H](N)CO)C(=O)N1CCC[C@H]1C(=O)N[C@@H](Cc1cnc[nH]1)C(=O)N[C@H](C(=O)N[C@@H](CO)C(=O)N[C@@H](CO)C(=O)N[C@@H](Cc1ccc(O)cc1)C(=O)N[C@@H](Cc1c[nH]c2ccccc12)C(=O)N[C@@H](CCCN=C(N)N)C(=O)NCC(=O)O)C(C)C. The van der Waals surface area contributed by atoms with Gasteiger partial charge in [-0.15, -0.1) is 0 Å². The number of guanidine groups is 1. The zero-order chi connectivity index (χ0) is 73.9. The number of imidazole rings is 1. The number of nitrogens with one attached hydrogen (secondary N) is 12. The summed E-state index contributed by atoms with van der Waals surface area (Å²) in [5.74, 6) is -15.3. The van der Waals surface area contributed by atoms with Crippen molar-refractivity contribution in [1.29, 1.82) is 0 Å². The Bertz CT molecular complexity index is 3530. The van der Waals surface area contributed by atoms with E-state index in [2.05, 4.69) is 73.1 Å². The number of hydrogen-bond donors (Lipinski definition) is 21. The van der Waals surface area contributed by atoms with Gasteiger partial charge in [-0.2, -0.15) is 0 Å². The van der Waals surface area contributed by atoms with Crippen LogP contribution in [-0.4, -0.2) is 239 Å². The van der Waals surface area contributed by atoms with Crippen molar-refractivity contribution in [3.05, 3.63) is 84.1 Å². The van der Waals surface area contributed by atoms with Gasteiger partial charge in [0.2, 0.25) is 65.0 Å². The topological polar surface area (TPSA) is 602 Å². The fourth-order valence-corrected chi connectivity index (χ4v) is 10.7. The Hall–Kier alpha value is -10.8. The van der Waals surface area contributed by atoms with Crippen molar-refractivity contribution in [1.82, 2.24) is 73.0 Å². The molecule has 100 heavy (non-hydrogen) atoms. The second kappa shape index (κ2) is 39.0. The summed E-state index contributed by atoms with van der Waals surface area (Å²) in [6.45, 7) is 2.62. The lowest BCUT2D eigenvalue weighted by Gasteiger charge is -2.31. The Balaban J connectivity index is 1.33. The molecule has 37 nitrogen and oxygen atoms in total. The van der Waals surface area contributed by atoms with Crippen LogP contribution in [0.25, 0.3) is 10.9 Å². The lowest BCUT2D eigenvalue weighted by Crippen LogP contribution is -2.62. The number of hydrogen-bond acceptors (Lipinski definition) is 20. The largest absolute Gasteiger partial charge is 0.508 e. The van der Waals surface area contributed by atoms with Gasteiger partial charge >= 0.3 is 11.9 Å². The van der Waals surface area contributed by atoms with Crippen molar-refractivity contribution in [3.8, 4) is 5.75 Å². The van der Waals surface area contributed by atoms with Gasteiger partial charge in [-0.3, -0.25) is 67.3 Å². The Morgan fingerprint density at radius 3 is 1.76 bits per heavy atom. The molecule has 1 fully saturated rings. The lowest BCUT2D eigenvalue weighted by molar-refractivity contribution is -0.144. The van der Waals surface area contributed by atoms with Gasteiger partial charge in [0, 0.05) is 61.3 Å². The fourth-order valence-electron chi connectivity index (χ4n) is 10.7. The first-order valence-corrected chi connectivity index (χ1v) is 32.1. The number of benzene rings is 2. The number of aromatic amines is 2. The van der Waals surface area contributed by atoms with Crippen LogP contribution in [0, 0.1) is 11.8 Å². The number of likely N-dealkylation sites (tertiary alicyclic amines) is 1. The highest BCUT2D eigenvalue weighted by atomic mass is 16.4. The van der Waals surface area contributed by atoms with Gasteiger partial charge in [-0.25, -0.2) is 4.98 Å². The Labute approximate surface area is 573 Å². The Morgan fingerprint density at radius 2 is 1.18 bits per heavy atom. The van der Waals surface area contributed by atoms with Crippen molar-refractivity contribution in [2.45, 2.75) is 152 Å². The number of nitrogens with two attached hydrogens (primary N) is 3. The summed E-state index contributed by atoms with van der Waals surface area (Å²) in [4.78, 5) is 192.